The van der Waals surface area contributed by atoms with Crippen molar-refractivity contribution in [2.75, 3.05) is 13.1 Å². The van der Waals surface area contributed by atoms with Crippen LogP contribution in [0.5, 0.6) is 0 Å². The summed E-state index contributed by atoms with van der Waals surface area (Å²) in [6, 6.07) is 9.41. The molecule has 1 aliphatic heterocycles. The van der Waals surface area contributed by atoms with E-state index in [9.17, 15) is 9.59 Å². The van der Waals surface area contributed by atoms with Gasteiger partial charge in [-0.1, -0.05) is 30.3 Å². The number of imidazole rings is 1. The van der Waals surface area contributed by atoms with Gasteiger partial charge in [-0.05, 0) is 0 Å². The van der Waals surface area contributed by atoms with Gasteiger partial charge in [0, 0.05) is 18.7 Å². The minimum Gasteiger partial charge on any atom is -0.480 e. The second kappa shape index (κ2) is 5.97. The zero-order valence-electron chi connectivity index (χ0n) is 11.1. The van der Waals surface area contributed by atoms with Crippen LogP contribution in [0.15, 0.2) is 36.7 Å². The van der Waals surface area contributed by atoms with E-state index in [4.69, 9.17) is 5.11 Å². The average molecular weight is 308 g/mol. The highest BCUT2D eigenvalue weighted by Gasteiger charge is 2.29. The van der Waals surface area contributed by atoms with Crippen LogP contribution in [0.1, 0.15) is 10.5 Å². The molecule has 3 rings (SSSR count). The molecule has 1 amide bonds. The van der Waals surface area contributed by atoms with E-state index in [0.29, 0.717) is 24.5 Å². The highest BCUT2D eigenvalue weighted by molar-refractivity contribution is 6.00. The smallest absolute Gasteiger partial charge is 0.323 e. The van der Waals surface area contributed by atoms with Gasteiger partial charge in [0.2, 0.25) is 0 Å². The summed E-state index contributed by atoms with van der Waals surface area (Å²) in [4.78, 5) is 28.9. The van der Waals surface area contributed by atoms with Crippen molar-refractivity contribution in [1.82, 2.24) is 14.5 Å². The van der Waals surface area contributed by atoms with E-state index in [0.717, 1.165) is 5.56 Å². The second-order valence-electron chi connectivity index (χ2n) is 4.62. The molecule has 0 spiro atoms. The summed E-state index contributed by atoms with van der Waals surface area (Å²) in [6.45, 7) is 0.676. The monoisotopic (exact) mass is 307 g/mol. The lowest BCUT2D eigenvalue weighted by Gasteiger charge is -2.26. The van der Waals surface area contributed by atoms with Crippen molar-refractivity contribution in [1.29, 1.82) is 0 Å². The Morgan fingerprint density at radius 1 is 1.24 bits per heavy atom. The molecule has 0 saturated carbocycles. The summed E-state index contributed by atoms with van der Waals surface area (Å²) in [5.41, 5.74) is 1.92. The Bertz CT molecular complexity index is 669. The van der Waals surface area contributed by atoms with E-state index in [1.165, 1.54) is 4.90 Å². The minimum atomic E-state index is -1.01. The van der Waals surface area contributed by atoms with Crippen LogP contribution in [0.25, 0.3) is 11.3 Å². The number of hydrogen-bond donors (Lipinski definition) is 1. The first-order chi connectivity index (χ1) is 9.66. The van der Waals surface area contributed by atoms with Crippen molar-refractivity contribution in [3.63, 3.8) is 0 Å². The molecule has 0 unspecified atom stereocenters. The quantitative estimate of drug-likeness (QED) is 0.932. The first-order valence-electron chi connectivity index (χ1n) is 6.28. The maximum absolute atomic E-state index is 12.4. The lowest BCUT2D eigenvalue weighted by molar-refractivity contribution is -0.137. The number of amides is 1. The van der Waals surface area contributed by atoms with E-state index in [-0.39, 0.29) is 24.9 Å². The molecule has 21 heavy (non-hydrogen) atoms. The van der Waals surface area contributed by atoms with Gasteiger partial charge in [0.15, 0.2) is 0 Å². The molecular formula is C14H14ClN3O3. The van der Waals surface area contributed by atoms with Crippen molar-refractivity contribution >= 4 is 24.3 Å². The van der Waals surface area contributed by atoms with Gasteiger partial charge in [0.25, 0.3) is 5.91 Å². The number of fused-ring (bicyclic) bond motifs is 1. The zero-order valence-corrected chi connectivity index (χ0v) is 11.9. The van der Waals surface area contributed by atoms with Gasteiger partial charge in [0.05, 0.1) is 6.33 Å². The van der Waals surface area contributed by atoms with E-state index < -0.39 is 5.97 Å². The Morgan fingerprint density at radius 3 is 2.62 bits per heavy atom. The number of benzene rings is 1. The molecule has 1 aromatic carbocycles. The molecule has 2 heterocycles. The van der Waals surface area contributed by atoms with Gasteiger partial charge in [-0.15, -0.1) is 12.4 Å². The number of carbonyl (C=O) groups is 2. The van der Waals surface area contributed by atoms with Crippen LogP contribution >= 0.6 is 12.4 Å². The number of aromatic nitrogens is 2. The van der Waals surface area contributed by atoms with E-state index >= 15 is 0 Å². The molecule has 110 valence electrons. The fraction of sp³-hybridized carbons (Fsp3) is 0.214. The number of carboxylic acid groups (broad SMARTS) is 1. The van der Waals surface area contributed by atoms with Crippen LogP contribution in [0.2, 0.25) is 0 Å². The SMILES string of the molecule is Cl.O=C(O)CN1CCn2cnc(-c3ccccc3)c2C1=O. The molecular weight excluding hydrogens is 294 g/mol. The van der Waals surface area contributed by atoms with Gasteiger partial charge in [-0.25, -0.2) is 4.98 Å². The largest absolute Gasteiger partial charge is 0.480 e. The molecule has 0 saturated heterocycles. The van der Waals surface area contributed by atoms with Crippen molar-refractivity contribution in [3.05, 3.63) is 42.4 Å². The Hall–Kier alpha value is -2.34. The number of rotatable bonds is 3. The van der Waals surface area contributed by atoms with Gasteiger partial charge in [0.1, 0.15) is 17.9 Å². The predicted octanol–water partition coefficient (Wildman–Crippen LogP) is 1.51. The maximum atomic E-state index is 12.4. The summed E-state index contributed by atoms with van der Waals surface area (Å²) in [6.07, 6.45) is 1.63. The van der Waals surface area contributed by atoms with Crippen molar-refractivity contribution in [2.45, 2.75) is 6.54 Å². The van der Waals surface area contributed by atoms with E-state index in [1.54, 1.807) is 10.9 Å². The van der Waals surface area contributed by atoms with Gasteiger partial charge >= 0.3 is 5.97 Å². The summed E-state index contributed by atoms with van der Waals surface area (Å²) < 4.78 is 1.78. The number of aliphatic carboxylic acids is 1. The molecule has 0 atom stereocenters. The van der Waals surface area contributed by atoms with Crippen LogP contribution < -0.4 is 0 Å². The summed E-state index contributed by atoms with van der Waals surface area (Å²) in [7, 11) is 0. The van der Waals surface area contributed by atoms with Crippen LogP contribution in [0.4, 0.5) is 0 Å². The Morgan fingerprint density at radius 2 is 1.95 bits per heavy atom. The molecule has 0 fully saturated rings. The Labute approximate surface area is 127 Å². The molecule has 0 bridgehead atoms. The topological polar surface area (TPSA) is 75.4 Å². The minimum absolute atomic E-state index is 0. The van der Waals surface area contributed by atoms with Gasteiger partial charge in [-0.2, -0.15) is 0 Å². The zero-order chi connectivity index (χ0) is 14.1. The normalized spacial score (nSPS) is 13.5. The van der Waals surface area contributed by atoms with E-state index in [1.807, 2.05) is 30.3 Å². The lowest BCUT2D eigenvalue weighted by atomic mass is 10.1. The fourth-order valence-corrected chi connectivity index (χ4v) is 2.38. The van der Waals surface area contributed by atoms with Crippen LogP contribution in [-0.4, -0.2) is 44.5 Å². The average Bonchev–Trinajstić information content (AvgIpc) is 2.87. The van der Waals surface area contributed by atoms with E-state index in [2.05, 4.69) is 4.98 Å². The van der Waals surface area contributed by atoms with Crippen LogP contribution in [-0.2, 0) is 11.3 Å². The first kappa shape index (κ1) is 15.1. The lowest BCUT2D eigenvalue weighted by Crippen LogP contribution is -2.42. The first-order valence-corrected chi connectivity index (χ1v) is 6.28. The predicted molar refractivity (Wildman–Crippen MR) is 78.5 cm³/mol. The number of carbonyl (C=O) groups excluding carboxylic acids is 1. The number of hydrogen-bond acceptors (Lipinski definition) is 3. The third kappa shape index (κ3) is 2.75. The van der Waals surface area contributed by atoms with Crippen molar-refractivity contribution in [2.24, 2.45) is 0 Å². The highest BCUT2D eigenvalue weighted by atomic mass is 35.5. The molecule has 7 heteroatoms. The molecule has 0 aliphatic carbocycles. The molecule has 1 N–H and O–H groups in total. The maximum Gasteiger partial charge on any atom is 0.323 e. The molecule has 6 nitrogen and oxygen atoms in total. The molecule has 0 radical (unpaired) electrons. The third-order valence-electron chi connectivity index (χ3n) is 3.31. The second-order valence-corrected chi connectivity index (χ2v) is 4.62. The standard InChI is InChI=1S/C14H13N3O3.ClH/c18-11(19)8-16-6-7-17-9-15-12(13(17)14(16)20)10-4-2-1-3-5-10;/h1-5,9H,6-8H2,(H,18,19);1H. The molecule has 2 aromatic rings. The number of nitrogens with zero attached hydrogens (tertiary/aromatic N) is 3. The fourth-order valence-electron chi connectivity index (χ4n) is 2.38. The Kier molecular flexibility index (Phi) is 4.28. The summed E-state index contributed by atoms with van der Waals surface area (Å²) in [5, 5.41) is 8.85. The summed E-state index contributed by atoms with van der Waals surface area (Å²) in [5.74, 6) is -1.29. The third-order valence-corrected chi connectivity index (χ3v) is 3.31. The summed E-state index contributed by atoms with van der Waals surface area (Å²) >= 11 is 0. The molecule has 1 aliphatic rings. The number of halogens is 1. The van der Waals surface area contributed by atoms with Crippen LogP contribution in [0.3, 0.4) is 0 Å². The number of carboxylic acids is 1. The Balaban J connectivity index is 0.00000161. The van der Waals surface area contributed by atoms with Gasteiger partial charge in [-0.3, -0.25) is 9.59 Å². The van der Waals surface area contributed by atoms with Crippen molar-refractivity contribution < 1.29 is 14.7 Å². The van der Waals surface area contributed by atoms with Crippen LogP contribution in [0, 0.1) is 0 Å². The molecule has 1 aromatic heterocycles. The van der Waals surface area contributed by atoms with Gasteiger partial charge < -0.3 is 14.6 Å². The highest BCUT2D eigenvalue weighted by Crippen LogP contribution is 2.25. The van der Waals surface area contributed by atoms with Crippen molar-refractivity contribution in [3.8, 4) is 11.3 Å².